The van der Waals surface area contributed by atoms with Crippen molar-refractivity contribution in [1.29, 1.82) is 0 Å². The van der Waals surface area contributed by atoms with Crippen molar-refractivity contribution in [3.05, 3.63) is 0 Å². The Morgan fingerprint density at radius 2 is 2.13 bits per heavy atom. The molecule has 0 aromatic carbocycles. The first-order valence-corrected chi connectivity index (χ1v) is 7.25. The van der Waals surface area contributed by atoms with E-state index in [9.17, 15) is 0 Å². The molecule has 1 fully saturated rings. The minimum atomic E-state index is 0.493. The van der Waals surface area contributed by atoms with Crippen molar-refractivity contribution >= 4 is 11.8 Å². The molecule has 1 aliphatic heterocycles. The number of hydrogen-bond acceptors (Lipinski definition) is 3. The summed E-state index contributed by atoms with van der Waals surface area (Å²) in [6.07, 6.45) is 2.70. The highest BCUT2D eigenvalue weighted by Gasteiger charge is 2.15. The van der Waals surface area contributed by atoms with E-state index in [2.05, 4.69) is 37.8 Å². The van der Waals surface area contributed by atoms with Crippen LogP contribution in [0.15, 0.2) is 0 Å². The quantitative estimate of drug-likeness (QED) is 0.759. The first kappa shape index (κ1) is 13.3. The average Bonchev–Trinajstić information content (AvgIpc) is 2.18. The van der Waals surface area contributed by atoms with Gasteiger partial charge < -0.3 is 10.1 Å². The van der Waals surface area contributed by atoms with Crippen molar-refractivity contribution in [3.8, 4) is 0 Å². The van der Waals surface area contributed by atoms with E-state index in [1.807, 2.05) is 0 Å². The largest absolute Gasteiger partial charge is 0.380 e. The molecule has 2 unspecified atom stereocenters. The highest BCUT2D eigenvalue weighted by Crippen LogP contribution is 2.17. The molecule has 3 heteroatoms. The molecule has 0 bridgehead atoms. The van der Waals surface area contributed by atoms with Gasteiger partial charge in [-0.3, -0.25) is 0 Å². The number of nitrogens with one attached hydrogen (secondary N) is 1. The molecule has 1 heterocycles. The van der Waals surface area contributed by atoms with E-state index < -0.39 is 0 Å². The van der Waals surface area contributed by atoms with Gasteiger partial charge in [-0.15, -0.1) is 0 Å². The first-order chi connectivity index (χ1) is 7.18. The number of ether oxygens (including phenoxy) is 1. The highest BCUT2D eigenvalue weighted by atomic mass is 32.2. The Morgan fingerprint density at radius 1 is 1.33 bits per heavy atom. The summed E-state index contributed by atoms with van der Waals surface area (Å²) >= 11 is 2.07. The van der Waals surface area contributed by atoms with Gasteiger partial charge in [-0.2, -0.15) is 11.8 Å². The van der Waals surface area contributed by atoms with Crippen LogP contribution in [-0.2, 0) is 4.74 Å². The summed E-state index contributed by atoms with van der Waals surface area (Å²) in [6, 6.07) is 1.20. The molecule has 0 aliphatic carbocycles. The SMILES string of the molecule is CC(C)COCC(C)NC1CCCSC1. The van der Waals surface area contributed by atoms with Crippen molar-refractivity contribution in [1.82, 2.24) is 5.32 Å². The summed E-state index contributed by atoms with van der Waals surface area (Å²) in [5.41, 5.74) is 0. The Kier molecular flexibility index (Phi) is 6.69. The maximum absolute atomic E-state index is 5.63. The van der Waals surface area contributed by atoms with Gasteiger partial charge in [0.2, 0.25) is 0 Å². The van der Waals surface area contributed by atoms with Gasteiger partial charge in [0, 0.05) is 24.4 Å². The van der Waals surface area contributed by atoms with Crippen LogP contribution in [-0.4, -0.2) is 36.8 Å². The summed E-state index contributed by atoms with van der Waals surface area (Å²) in [6.45, 7) is 8.33. The molecule has 0 radical (unpaired) electrons. The van der Waals surface area contributed by atoms with Gasteiger partial charge >= 0.3 is 0 Å². The summed E-state index contributed by atoms with van der Waals surface area (Å²) in [5, 5.41) is 3.65. The molecular formula is C12H25NOS. The minimum Gasteiger partial charge on any atom is -0.380 e. The monoisotopic (exact) mass is 231 g/mol. The molecule has 2 nitrogen and oxygen atoms in total. The fraction of sp³-hybridized carbons (Fsp3) is 1.00. The summed E-state index contributed by atoms with van der Waals surface area (Å²) in [5.74, 6) is 3.26. The molecule has 1 N–H and O–H groups in total. The molecular weight excluding hydrogens is 206 g/mol. The first-order valence-electron chi connectivity index (χ1n) is 6.10. The van der Waals surface area contributed by atoms with Crippen molar-refractivity contribution in [2.24, 2.45) is 5.92 Å². The number of rotatable bonds is 6. The van der Waals surface area contributed by atoms with Crippen LogP contribution < -0.4 is 5.32 Å². The summed E-state index contributed by atoms with van der Waals surface area (Å²) < 4.78 is 5.63. The van der Waals surface area contributed by atoms with E-state index in [-0.39, 0.29) is 0 Å². The Balaban J connectivity index is 2.03. The fourth-order valence-electron chi connectivity index (χ4n) is 1.80. The summed E-state index contributed by atoms with van der Waals surface area (Å²) in [7, 11) is 0. The molecule has 1 rings (SSSR count). The van der Waals surface area contributed by atoms with Gasteiger partial charge in [0.15, 0.2) is 0 Å². The van der Waals surface area contributed by atoms with Crippen LogP contribution in [0.5, 0.6) is 0 Å². The molecule has 0 aromatic rings. The molecule has 1 saturated heterocycles. The van der Waals surface area contributed by atoms with Gasteiger partial charge in [0.05, 0.1) is 6.61 Å². The third-order valence-corrected chi connectivity index (χ3v) is 3.71. The lowest BCUT2D eigenvalue weighted by Gasteiger charge is -2.26. The topological polar surface area (TPSA) is 21.3 Å². The van der Waals surface area contributed by atoms with Crippen LogP contribution in [0.3, 0.4) is 0 Å². The van der Waals surface area contributed by atoms with E-state index in [1.54, 1.807) is 0 Å². The maximum atomic E-state index is 5.63. The van der Waals surface area contributed by atoms with Crippen LogP contribution in [0.25, 0.3) is 0 Å². The second kappa shape index (κ2) is 7.53. The van der Waals surface area contributed by atoms with Gasteiger partial charge in [-0.1, -0.05) is 13.8 Å². The Bertz CT molecular complexity index is 158. The predicted molar refractivity (Wildman–Crippen MR) is 68.6 cm³/mol. The molecule has 90 valence electrons. The van der Waals surface area contributed by atoms with Crippen molar-refractivity contribution in [3.63, 3.8) is 0 Å². The van der Waals surface area contributed by atoms with E-state index in [1.165, 1.54) is 24.3 Å². The zero-order chi connectivity index (χ0) is 11.1. The zero-order valence-corrected chi connectivity index (χ0v) is 11.1. The standard InChI is InChI=1S/C12H25NOS/c1-10(2)7-14-8-11(3)13-12-5-4-6-15-9-12/h10-13H,4-9H2,1-3H3. The van der Waals surface area contributed by atoms with E-state index in [0.717, 1.165) is 13.2 Å². The lowest BCUT2D eigenvalue weighted by molar-refractivity contribution is 0.0913. The Morgan fingerprint density at radius 3 is 2.73 bits per heavy atom. The van der Waals surface area contributed by atoms with Gasteiger partial charge in [0.25, 0.3) is 0 Å². The maximum Gasteiger partial charge on any atom is 0.0617 e. The smallest absolute Gasteiger partial charge is 0.0617 e. The van der Waals surface area contributed by atoms with Crippen LogP contribution in [0.1, 0.15) is 33.6 Å². The normalized spacial score (nSPS) is 24.4. The molecule has 1 aliphatic rings. The zero-order valence-electron chi connectivity index (χ0n) is 10.3. The molecule has 15 heavy (non-hydrogen) atoms. The van der Waals surface area contributed by atoms with E-state index in [4.69, 9.17) is 4.74 Å². The second-order valence-electron chi connectivity index (χ2n) is 4.91. The summed E-state index contributed by atoms with van der Waals surface area (Å²) in [4.78, 5) is 0. The van der Waals surface area contributed by atoms with Crippen molar-refractivity contribution < 1.29 is 4.74 Å². The third kappa shape index (κ3) is 6.44. The predicted octanol–water partition coefficient (Wildman–Crippen LogP) is 2.53. The molecule has 0 saturated carbocycles. The Labute approximate surface area is 98.5 Å². The molecule has 0 aromatic heterocycles. The lowest BCUT2D eigenvalue weighted by Crippen LogP contribution is -2.42. The fourth-order valence-corrected chi connectivity index (χ4v) is 2.89. The van der Waals surface area contributed by atoms with Crippen LogP contribution in [0.4, 0.5) is 0 Å². The van der Waals surface area contributed by atoms with Crippen molar-refractivity contribution in [2.75, 3.05) is 24.7 Å². The third-order valence-electron chi connectivity index (χ3n) is 2.50. The van der Waals surface area contributed by atoms with Crippen LogP contribution >= 0.6 is 11.8 Å². The number of hydrogen-bond donors (Lipinski definition) is 1. The number of thioether (sulfide) groups is 1. The van der Waals surface area contributed by atoms with E-state index >= 15 is 0 Å². The van der Waals surface area contributed by atoms with Gasteiger partial charge in [-0.25, -0.2) is 0 Å². The average molecular weight is 231 g/mol. The molecule has 2 atom stereocenters. The van der Waals surface area contributed by atoms with Gasteiger partial charge in [0.1, 0.15) is 0 Å². The second-order valence-corrected chi connectivity index (χ2v) is 6.06. The van der Waals surface area contributed by atoms with Crippen molar-refractivity contribution in [2.45, 2.75) is 45.7 Å². The Hall–Kier alpha value is 0.270. The van der Waals surface area contributed by atoms with Crippen LogP contribution in [0, 0.1) is 5.92 Å². The minimum absolute atomic E-state index is 0.493. The molecule has 0 amide bonds. The van der Waals surface area contributed by atoms with Crippen LogP contribution in [0.2, 0.25) is 0 Å². The van der Waals surface area contributed by atoms with E-state index in [0.29, 0.717) is 18.0 Å². The lowest BCUT2D eigenvalue weighted by atomic mass is 10.1. The molecule has 0 spiro atoms. The highest BCUT2D eigenvalue weighted by molar-refractivity contribution is 7.99. The van der Waals surface area contributed by atoms with Gasteiger partial charge in [-0.05, 0) is 31.4 Å².